The monoisotopic (exact) mass is 182 g/mol. The number of aldehydes is 1. The molecule has 0 aromatic carbocycles. The standard InChI is InChI=1S/C9H14O2Si/c1-12(2,3)6-4-5-9(7-10)8-11-9/h7H,5,8H2,1-3H3/t9-/m1/s1. The summed E-state index contributed by atoms with van der Waals surface area (Å²) in [6.07, 6.45) is 1.44. The van der Waals surface area contributed by atoms with Crippen molar-refractivity contribution < 1.29 is 9.53 Å². The van der Waals surface area contributed by atoms with E-state index in [4.69, 9.17) is 4.74 Å². The van der Waals surface area contributed by atoms with Crippen molar-refractivity contribution >= 4 is 14.4 Å². The molecule has 12 heavy (non-hydrogen) atoms. The SMILES string of the molecule is C[Si](C)(C)C#CC[C@@]1(C=O)CO1. The van der Waals surface area contributed by atoms with E-state index >= 15 is 0 Å². The Balaban J connectivity index is 2.42. The Kier molecular flexibility index (Phi) is 2.40. The number of carbonyl (C=O) groups is 1. The molecule has 66 valence electrons. The Morgan fingerprint density at radius 3 is 2.50 bits per heavy atom. The van der Waals surface area contributed by atoms with Crippen LogP contribution in [0.15, 0.2) is 0 Å². The maximum absolute atomic E-state index is 10.5. The van der Waals surface area contributed by atoms with Gasteiger partial charge in [0.15, 0.2) is 11.9 Å². The molecule has 1 aliphatic heterocycles. The van der Waals surface area contributed by atoms with Crippen LogP contribution in [0.5, 0.6) is 0 Å². The Labute approximate surface area is 74.3 Å². The van der Waals surface area contributed by atoms with Gasteiger partial charge in [-0.25, -0.2) is 0 Å². The van der Waals surface area contributed by atoms with Gasteiger partial charge in [-0.05, 0) is 0 Å². The molecule has 1 atom stereocenters. The van der Waals surface area contributed by atoms with Crippen LogP contribution in [0.2, 0.25) is 19.6 Å². The number of epoxide rings is 1. The number of hydrogen-bond donors (Lipinski definition) is 0. The molecule has 1 fully saturated rings. The molecule has 1 rings (SSSR count). The number of rotatable bonds is 2. The van der Waals surface area contributed by atoms with Crippen molar-refractivity contribution in [2.24, 2.45) is 0 Å². The fourth-order valence-electron chi connectivity index (χ4n) is 0.763. The van der Waals surface area contributed by atoms with Crippen LogP contribution < -0.4 is 0 Å². The minimum absolute atomic E-state index is 0.521. The summed E-state index contributed by atoms with van der Waals surface area (Å²) in [5.41, 5.74) is 2.68. The van der Waals surface area contributed by atoms with Crippen LogP contribution in [0, 0.1) is 11.5 Å². The topological polar surface area (TPSA) is 29.6 Å². The van der Waals surface area contributed by atoms with E-state index in [1.807, 2.05) is 0 Å². The molecule has 1 aliphatic rings. The van der Waals surface area contributed by atoms with Crippen LogP contribution in [-0.2, 0) is 9.53 Å². The lowest BCUT2D eigenvalue weighted by Gasteiger charge is -2.03. The summed E-state index contributed by atoms with van der Waals surface area (Å²) >= 11 is 0. The lowest BCUT2D eigenvalue weighted by Crippen LogP contribution is -2.17. The van der Waals surface area contributed by atoms with E-state index < -0.39 is 13.7 Å². The molecule has 0 N–H and O–H groups in total. The van der Waals surface area contributed by atoms with Crippen molar-refractivity contribution in [3.05, 3.63) is 0 Å². The Hall–Kier alpha value is -0.593. The molecule has 1 heterocycles. The van der Waals surface area contributed by atoms with Crippen LogP contribution >= 0.6 is 0 Å². The summed E-state index contributed by atoms with van der Waals surface area (Å²) in [5.74, 6) is 3.03. The molecule has 0 spiro atoms. The Bertz CT molecular complexity index is 237. The van der Waals surface area contributed by atoms with E-state index in [2.05, 4.69) is 31.1 Å². The summed E-state index contributed by atoms with van der Waals surface area (Å²) in [6.45, 7) is 7.10. The fraction of sp³-hybridized carbons (Fsp3) is 0.667. The normalized spacial score (nSPS) is 27.2. The first-order valence-corrected chi connectivity index (χ1v) is 7.58. The van der Waals surface area contributed by atoms with Crippen molar-refractivity contribution in [3.63, 3.8) is 0 Å². The summed E-state index contributed by atoms with van der Waals surface area (Å²) in [4.78, 5) is 10.5. The summed E-state index contributed by atoms with van der Waals surface area (Å²) in [6, 6.07) is 0. The second-order valence-corrected chi connectivity index (χ2v) is 8.95. The molecule has 2 nitrogen and oxygen atoms in total. The molecule has 0 bridgehead atoms. The first-order valence-electron chi connectivity index (χ1n) is 4.08. The third kappa shape index (κ3) is 2.80. The maximum Gasteiger partial charge on any atom is 0.157 e. The highest BCUT2D eigenvalue weighted by Gasteiger charge is 2.43. The number of carbonyl (C=O) groups excluding carboxylic acids is 1. The molecule has 0 saturated carbocycles. The van der Waals surface area contributed by atoms with E-state index in [9.17, 15) is 4.79 Å². The largest absolute Gasteiger partial charge is 0.361 e. The second kappa shape index (κ2) is 3.04. The zero-order valence-electron chi connectivity index (χ0n) is 7.81. The van der Waals surface area contributed by atoms with E-state index in [0.717, 1.165) is 6.29 Å². The molecule has 0 unspecified atom stereocenters. The molecule has 3 heteroatoms. The van der Waals surface area contributed by atoms with Gasteiger partial charge in [-0.2, -0.15) is 0 Å². The summed E-state index contributed by atoms with van der Waals surface area (Å²) in [5, 5.41) is 0. The molecule has 0 amide bonds. The summed E-state index contributed by atoms with van der Waals surface area (Å²) < 4.78 is 5.00. The van der Waals surface area contributed by atoms with Crippen LogP contribution in [0.4, 0.5) is 0 Å². The highest BCUT2D eigenvalue weighted by Crippen LogP contribution is 2.27. The van der Waals surface area contributed by atoms with Crippen molar-refractivity contribution in [1.82, 2.24) is 0 Å². The van der Waals surface area contributed by atoms with Gasteiger partial charge in [0.1, 0.15) is 8.07 Å². The Morgan fingerprint density at radius 1 is 1.58 bits per heavy atom. The zero-order chi connectivity index (χ0) is 9.24. The van der Waals surface area contributed by atoms with Gasteiger partial charge in [-0.3, -0.25) is 4.79 Å². The van der Waals surface area contributed by atoms with Crippen molar-refractivity contribution in [3.8, 4) is 11.5 Å². The molecule has 0 radical (unpaired) electrons. The quantitative estimate of drug-likeness (QED) is 0.278. The second-order valence-electron chi connectivity index (χ2n) is 4.20. The van der Waals surface area contributed by atoms with Crippen LogP contribution in [0.25, 0.3) is 0 Å². The van der Waals surface area contributed by atoms with Crippen LogP contribution in [0.1, 0.15) is 6.42 Å². The molecular weight excluding hydrogens is 168 g/mol. The predicted octanol–water partition coefficient (Wildman–Crippen LogP) is 1.23. The van der Waals surface area contributed by atoms with E-state index in [1.54, 1.807) is 0 Å². The van der Waals surface area contributed by atoms with E-state index in [1.165, 1.54) is 0 Å². The first kappa shape index (κ1) is 9.49. The highest BCUT2D eigenvalue weighted by atomic mass is 28.3. The molecule has 0 aromatic rings. The lowest BCUT2D eigenvalue weighted by atomic mass is 10.1. The number of ether oxygens (including phenoxy) is 1. The average molecular weight is 182 g/mol. The highest BCUT2D eigenvalue weighted by molar-refractivity contribution is 6.83. The third-order valence-corrected chi connectivity index (χ3v) is 2.51. The van der Waals surface area contributed by atoms with Crippen LogP contribution in [0.3, 0.4) is 0 Å². The first-order chi connectivity index (χ1) is 5.47. The van der Waals surface area contributed by atoms with Gasteiger partial charge in [0.05, 0.1) is 6.61 Å². The predicted molar refractivity (Wildman–Crippen MR) is 50.5 cm³/mol. The van der Waals surface area contributed by atoms with Crippen molar-refractivity contribution in [1.29, 1.82) is 0 Å². The molecule has 0 aromatic heterocycles. The fourth-order valence-corrected chi connectivity index (χ4v) is 1.38. The molecule has 1 saturated heterocycles. The third-order valence-electron chi connectivity index (χ3n) is 1.58. The summed E-state index contributed by atoms with van der Waals surface area (Å²) in [7, 11) is -1.27. The average Bonchev–Trinajstić information content (AvgIpc) is 2.67. The molecule has 0 aliphatic carbocycles. The number of hydrogen-bond acceptors (Lipinski definition) is 2. The minimum atomic E-state index is -1.27. The van der Waals surface area contributed by atoms with Gasteiger partial charge in [0, 0.05) is 6.42 Å². The smallest absolute Gasteiger partial charge is 0.157 e. The zero-order valence-corrected chi connectivity index (χ0v) is 8.81. The Morgan fingerprint density at radius 2 is 2.17 bits per heavy atom. The minimum Gasteiger partial charge on any atom is -0.361 e. The van der Waals surface area contributed by atoms with Gasteiger partial charge in [-0.1, -0.05) is 19.6 Å². The van der Waals surface area contributed by atoms with Gasteiger partial charge in [0.25, 0.3) is 0 Å². The molecular formula is C9H14O2Si. The van der Waals surface area contributed by atoms with Gasteiger partial charge in [0.2, 0.25) is 0 Å². The van der Waals surface area contributed by atoms with Gasteiger partial charge in [-0.15, -0.1) is 11.5 Å². The van der Waals surface area contributed by atoms with Crippen LogP contribution in [-0.4, -0.2) is 26.6 Å². The van der Waals surface area contributed by atoms with Gasteiger partial charge >= 0.3 is 0 Å². The van der Waals surface area contributed by atoms with Gasteiger partial charge < -0.3 is 4.74 Å². The van der Waals surface area contributed by atoms with E-state index in [0.29, 0.717) is 13.0 Å². The van der Waals surface area contributed by atoms with Crippen molar-refractivity contribution in [2.75, 3.05) is 6.61 Å². The lowest BCUT2D eigenvalue weighted by molar-refractivity contribution is -0.112. The van der Waals surface area contributed by atoms with E-state index in [-0.39, 0.29) is 0 Å². The maximum atomic E-state index is 10.5. The van der Waals surface area contributed by atoms with Crippen molar-refractivity contribution in [2.45, 2.75) is 31.7 Å².